The monoisotopic (exact) mass is 358 g/mol. The molecule has 0 amide bonds. The molecule has 0 bridgehead atoms. The topological polar surface area (TPSA) is 47.9 Å². The molecule has 2 aromatic carbocycles. The summed E-state index contributed by atoms with van der Waals surface area (Å²) in [5, 5.41) is 10.5. The summed E-state index contributed by atoms with van der Waals surface area (Å²) in [5.41, 5.74) is -0.384. The van der Waals surface area contributed by atoms with E-state index in [0.717, 1.165) is 7.11 Å². The van der Waals surface area contributed by atoms with E-state index < -0.39 is 105 Å². The predicted molar refractivity (Wildman–Crippen MR) is 99.8 cm³/mol. The highest BCUT2D eigenvalue weighted by molar-refractivity contribution is 5.42. The van der Waals surface area contributed by atoms with Crippen molar-refractivity contribution in [1.29, 1.82) is 0 Å². The number of hydrogen-bond donors (Lipinski definition) is 1. The molecule has 0 saturated carbocycles. The molecule has 0 aliphatic heterocycles. The van der Waals surface area contributed by atoms with Gasteiger partial charge in [-0.1, -0.05) is 24.5 Å². The number of ether oxygens (including phenoxy) is 3. The quantitative estimate of drug-likeness (QED) is 0.693. The van der Waals surface area contributed by atoms with Crippen molar-refractivity contribution in [1.82, 2.24) is 0 Å². The zero-order chi connectivity index (χ0) is 30.2. The van der Waals surface area contributed by atoms with Crippen LogP contribution in [0.15, 0.2) is 42.3 Å². The Balaban J connectivity index is 2.29. The molecule has 0 aliphatic rings. The third kappa shape index (κ3) is 6.31. The van der Waals surface area contributed by atoms with E-state index in [1.165, 1.54) is 6.92 Å². The van der Waals surface area contributed by atoms with Crippen LogP contribution in [0.3, 0.4) is 0 Å². The Kier molecular flexibility index (Phi) is 3.02. The highest BCUT2D eigenvalue weighted by atomic mass is 16.5. The lowest BCUT2D eigenvalue weighted by Crippen LogP contribution is -2.17. The second-order valence-corrected chi connectivity index (χ2v) is 4.97. The molecular formula is C21H28O4. The van der Waals surface area contributed by atoms with Crippen LogP contribution >= 0.6 is 0 Å². The molecule has 0 fully saturated rings. The molecule has 4 heteroatoms. The van der Waals surface area contributed by atoms with Gasteiger partial charge in [0.25, 0.3) is 0 Å². The molecule has 136 valence electrons. The number of aliphatic hydroxyl groups is 1. The van der Waals surface area contributed by atoms with Gasteiger partial charge in [-0.15, -0.1) is 0 Å². The fourth-order valence-corrected chi connectivity index (χ4v) is 1.82. The molecule has 0 aromatic heterocycles. The summed E-state index contributed by atoms with van der Waals surface area (Å²) in [5.74, 6) is -1.78. The zero-order valence-electron chi connectivity index (χ0n) is 27.9. The molecule has 0 radical (unpaired) electrons. The van der Waals surface area contributed by atoms with Gasteiger partial charge >= 0.3 is 0 Å². The van der Waals surface area contributed by atoms with E-state index >= 15 is 0 Å². The van der Waals surface area contributed by atoms with Crippen LogP contribution in [0.5, 0.6) is 17.2 Å². The van der Waals surface area contributed by atoms with Gasteiger partial charge in [0.15, 0.2) is 11.5 Å². The zero-order valence-corrected chi connectivity index (χ0v) is 13.9. The van der Waals surface area contributed by atoms with E-state index in [9.17, 15) is 5.11 Å². The van der Waals surface area contributed by atoms with Crippen LogP contribution in [-0.4, -0.2) is 31.9 Å². The number of hydrogen-bond acceptors (Lipinski definition) is 4. The third-order valence-electron chi connectivity index (χ3n) is 3.02. The Hall–Kier alpha value is -2.20. The minimum Gasteiger partial charge on any atom is -0.493 e. The lowest BCUT2D eigenvalue weighted by atomic mass is 10.0. The summed E-state index contributed by atoms with van der Waals surface area (Å²) in [6.07, 6.45) is -6.07. The average Bonchev–Trinajstić information content (AvgIpc) is 2.83. The molecule has 1 unspecified atom stereocenters. The highest BCUT2D eigenvalue weighted by Gasteiger charge is 2.07. The van der Waals surface area contributed by atoms with Crippen LogP contribution in [0.4, 0.5) is 0 Å². The van der Waals surface area contributed by atoms with Crippen molar-refractivity contribution in [3.05, 3.63) is 53.4 Å². The van der Waals surface area contributed by atoms with E-state index in [1.807, 2.05) is 0 Å². The first-order valence-electron chi connectivity index (χ1n) is 14.4. The van der Waals surface area contributed by atoms with Gasteiger partial charge in [0.2, 0.25) is 0 Å². The molecule has 2 aromatic rings. The van der Waals surface area contributed by atoms with Crippen molar-refractivity contribution in [2.24, 2.45) is 0 Å². The fraction of sp³-hybridized carbons (Fsp3) is 0.429. The molecular weight excluding hydrogens is 316 g/mol. The Morgan fingerprint density at radius 2 is 2.08 bits per heavy atom. The summed E-state index contributed by atoms with van der Waals surface area (Å²) in [7, 11) is -1.93. The molecule has 0 heterocycles. The van der Waals surface area contributed by atoms with Crippen molar-refractivity contribution in [3.8, 4) is 17.2 Å². The molecule has 4 nitrogen and oxygen atoms in total. The van der Waals surface area contributed by atoms with Gasteiger partial charge in [0, 0.05) is 2.74 Å². The summed E-state index contributed by atoms with van der Waals surface area (Å²) < 4.78 is 125. The lowest BCUT2D eigenvalue weighted by molar-refractivity contribution is 0.0976. The normalized spacial score (nSPS) is 21.6. The maximum atomic E-state index is 10.5. The van der Waals surface area contributed by atoms with E-state index in [1.54, 1.807) is 0 Å². The molecule has 2 rings (SSSR count). The van der Waals surface area contributed by atoms with Crippen molar-refractivity contribution in [3.63, 3.8) is 0 Å². The van der Waals surface area contributed by atoms with Crippen LogP contribution in [-0.2, 0) is 6.42 Å². The summed E-state index contributed by atoms with van der Waals surface area (Å²) in [4.78, 5) is 0. The van der Waals surface area contributed by atoms with Crippen molar-refractivity contribution in [2.75, 3.05) is 20.7 Å². The number of methoxy groups -OCH3 is 2. The molecule has 1 atom stereocenters. The van der Waals surface area contributed by atoms with Crippen LogP contribution in [0.1, 0.15) is 49.5 Å². The van der Waals surface area contributed by atoms with Crippen molar-refractivity contribution >= 4 is 0 Å². The predicted octanol–water partition coefficient (Wildman–Crippen LogP) is 4.16. The molecule has 1 N–H and O–H groups in total. The minimum absolute atomic E-state index is 0.0277. The standard InChI is InChI=1S/C21H28O4/c1-16-7-6-10-19(13-16)25-15-18(22)9-5-4-8-17-11-12-20(23-2)21(14-17)24-3/h6-7,10-14,18,22H,4-5,8-9,15H2,1-3H3/i3D3,4D2,6D,7D,10D,11D,12D,13D,14D,15D2. The first-order chi connectivity index (χ1) is 17.6. The van der Waals surface area contributed by atoms with Gasteiger partial charge in [0.1, 0.15) is 12.3 Å². The Bertz CT molecular complexity index is 1200. The first-order valence-corrected chi connectivity index (χ1v) is 7.44. The Morgan fingerprint density at radius 3 is 2.88 bits per heavy atom. The summed E-state index contributed by atoms with van der Waals surface area (Å²) in [6.45, 7) is -1.60. The maximum absolute atomic E-state index is 10.5. The fourth-order valence-electron chi connectivity index (χ4n) is 1.82. The second kappa shape index (κ2) is 9.94. The van der Waals surface area contributed by atoms with Gasteiger partial charge < -0.3 is 19.3 Å². The maximum Gasteiger partial charge on any atom is 0.160 e. The van der Waals surface area contributed by atoms with E-state index in [-0.39, 0.29) is 11.1 Å². The van der Waals surface area contributed by atoms with Crippen LogP contribution < -0.4 is 14.2 Å². The van der Waals surface area contributed by atoms with Gasteiger partial charge in [-0.2, -0.15) is 0 Å². The molecule has 25 heavy (non-hydrogen) atoms. The third-order valence-corrected chi connectivity index (χ3v) is 3.02. The van der Waals surface area contributed by atoms with Crippen molar-refractivity contribution < 1.29 is 38.5 Å². The Morgan fingerprint density at radius 1 is 1.20 bits per heavy atom. The first kappa shape index (κ1) is 7.58. The number of aliphatic hydroxyl groups excluding tert-OH is 1. The molecule has 0 saturated heterocycles. The number of benzene rings is 2. The van der Waals surface area contributed by atoms with Crippen LogP contribution in [0.2, 0.25) is 0 Å². The van der Waals surface area contributed by atoms with E-state index in [4.69, 9.17) is 33.4 Å². The molecule has 0 spiro atoms. The average molecular weight is 359 g/mol. The van der Waals surface area contributed by atoms with Gasteiger partial charge in [0.05, 0.1) is 36.7 Å². The molecule has 0 aliphatic carbocycles. The SMILES string of the molecule is [2H]c1c([2H])c(C)c([2H])c(OC([2H])([2H])C(O)CCC([2H])([2H])Cc2c([2H])c([2H])c(OC)c(OC([2H])([2H])[2H])c2[2H])c1[2H]. The van der Waals surface area contributed by atoms with E-state index in [0.29, 0.717) is 0 Å². The van der Waals surface area contributed by atoms with Gasteiger partial charge in [-0.25, -0.2) is 0 Å². The number of rotatable bonds is 10. The summed E-state index contributed by atoms with van der Waals surface area (Å²) >= 11 is 0. The highest BCUT2D eigenvalue weighted by Crippen LogP contribution is 2.28. The summed E-state index contributed by atoms with van der Waals surface area (Å²) in [6, 6.07) is -4.08. The van der Waals surface area contributed by atoms with Gasteiger partial charge in [-0.3, -0.25) is 0 Å². The van der Waals surface area contributed by atoms with E-state index in [2.05, 4.69) is 0 Å². The van der Waals surface area contributed by atoms with Gasteiger partial charge in [-0.05, 0) is 61.4 Å². The largest absolute Gasteiger partial charge is 0.493 e. The van der Waals surface area contributed by atoms with Crippen LogP contribution in [0.25, 0.3) is 0 Å². The van der Waals surface area contributed by atoms with Crippen LogP contribution in [0, 0.1) is 6.92 Å². The Labute approximate surface area is 170 Å². The lowest BCUT2D eigenvalue weighted by Gasteiger charge is -2.13. The van der Waals surface area contributed by atoms with Crippen molar-refractivity contribution in [2.45, 2.75) is 38.7 Å². The minimum atomic E-state index is -3.02. The second-order valence-electron chi connectivity index (χ2n) is 4.97. The smallest absolute Gasteiger partial charge is 0.160 e.